The highest BCUT2D eigenvalue weighted by Crippen LogP contribution is 2.52. The largest absolute Gasteiger partial charge is 0.462 e. The van der Waals surface area contributed by atoms with Crippen LogP contribution in [0.3, 0.4) is 0 Å². The molecule has 0 aliphatic heterocycles. The first kappa shape index (κ1) is 72.3. The fourth-order valence-corrected chi connectivity index (χ4v) is 11.8. The molecule has 4 N–H and O–H groups in total. The first-order chi connectivity index (χ1) is 37.8. The molecule has 0 heterocycles. The van der Waals surface area contributed by atoms with Gasteiger partial charge in [0.1, 0.15) is 23.4 Å². The average Bonchev–Trinajstić information content (AvgIpc) is 3.38. The number of hydrogen-bond donors (Lipinski definition) is 4. The molecule has 0 amide bonds. The number of allylic oxidation sites excluding steroid dienone is 18. The molecule has 0 saturated heterocycles. The number of rotatable bonds is 39. The van der Waals surface area contributed by atoms with E-state index in [4.69, 9.17) is 9.47 Å². The molecule has 0 aromatic carbocycles. The molecule has 0 unspecified atom stereocenters. The van der Waals surface area contributed by atoms with E-state index in [9.17, 15) is 30.0 Å². The van der Waals surface area contributed by atoms with E-state index in [1.54, 1.807) is 26.0 Å². The lowest BCUT2D eigenvalue weighted by molar-refractivity contribution is -0.223. The van der Waals surface area contributed by atoms with E-state index in [-0.39, 0.29) is 24.8 Å². The minimum absolute atomic E-state index is 0.161. The number of carbonyl (C=O) groups is 2. The van der Waals surface area contributed by atoms with Gasteiger partial charge in [-0.2, -0.15) is 0 Å². The molecule has 0 bridgehead atoms. The van der Waals surface area contributed by atoms with Crippen LogP contribution in [0.15, 0.2) is 120 Å². The van der Waals surface area contributed by atoms with Gasteiger partial charge in [-0.15, -0.1) is 0 Å². The Balaban J connectivity index is 1.81. The Bertz CT molecular complexity index is 2060. The van der Waals surface area contributed by atoms with Gasteiger partial charge in [-0.25, -0.2) is 0 Å². The summed E-state index contributed by atoms with van der Waals surface area (Å²) in [6.07, 6.45) is 61.9. The van der Waals surface area contributed by atoms with Crippen molar-refractivity contribution in [3.8, 4) is 0 Å². The Labute approximate surface area is 489 Å². The third kappa shape index (κ3) is 27.1. The highest BCUT2D eigenvalue weighted by molar-refractivity contribution is 5.70. The molecule has 6 atom stereocenters. The minimum Gasteiger partial charge on any atom is -0.462 e. The molecule has 8 nitrogen and oxygen atoms in total. The standard InChI is InChI=1S/C72H118O8/c1-13-15-17-19-21-23-25-27-29-31-33-35-37-49-65(73)79-63-55-67(7,8)71(77,69(11,75)57-63)53-51-61(5)47-41-45-59(3)43-39-40-44-60(4)46-42-48-62(6)52-54-72(78)68(9,10)56-64(58-70(72,12)76)80-66(74)50-38-36-34-32-30-28-26-24-22-20-18-16-14-2/h23,25,39-48,51-54,63-64,75-78H,13-22,24,26-38,49-50,55-58H2,1-12H3/b25-23-,40-39+,45-41+,46-42+,53-51+,54-52+,59-43+,60-44+,61-47+,62-48+/t63-,64-,69+,70+,71+,72+/m0/s1. The molecule has 0 aromatic heterocycles. The van der Waals surface area contributed by atoms with Crippen LogP contribution in [0.2, 0.25) is 0 Å². The van der Waals surface area contributed by atoms with Gasteiger partial charge in [-0.3, -0.25) is 9.59 Å². The molecule has 2 aliphatic carbocycles. The van der Waals surface area contributed by atoms with Crippen molar-refractivity contribution in [2.24, 2.45) is 10.8 Å². The van der Waals surface area contributed by atoms with Gasteiger partial charge in [0.05, 0.1) is 11.2 Å². The lowest BCUT2D eigenvalue weighted by Gasteiger charge is -2.55. The summed E-state index contributed by atoms with van der Waals surface area (Å²) in [5, 5.41) is 47.4. The Hall–Kier alpha value is -3.82. The van der Waals surface area contributed by atoms with Crippen LogP contribution in [0.1, 0.15) is 276 Å². The fourth-order valence-electron chi connectivity index (χ4n) is 11.8. The molecule has 0 aromatic rings. The van der Waals surface area contributed by atoms with E-state index in [0.717, 1.165) is 67.2 Å². The predicted octanol–water partition coefficient (Wildman–Crippen LogP) is 18.7. The Morgan fingerprint density at radius 2 is 0.688 bits per heavy atom. The molecule has 2 saturated carbocycles. The van der Waals surface area contributed by atoms with Crippen LogP contribution in [0.5, 0.6) is 0 Å². The maximum Gasteiger partial charge on any atom is 0.306 e. The quantitative estimate of drug-likeness (QED) is 0.0207. The molecule has 0 radical (unpaired) electrons. The molecule has 454 valence electrons. The van der Waals surface area contributed by atoms with Crippen LogP contribution in [-0.4, -0.2) is 67.0 Å². The van der Waals surface area contributed by atoms with Gasteiger partial charge >= 0.3 is 11.9 Å². The second-order valence-electron chi connectivity index (χ2n) is 25.9. The van der Waals surface area contributed by atoms with E-state index in [1.807, 2.05) is 128 Å². The fraction of sp³-hybridized carbons (Fsp3) is 0.694. The molecule has 8 heteroatoms. The SMILES string of the molecule is CCCCCC/C=C\CCCCCCCC(=O)O[C@H]1CC(C)(C)[C@](O)(/C=C/C(C)=C/C=C/C(C)=C/C=C/C=C(C)/C=C/C=C(C)/C=C/[C@@]2(O)C(C)(C)C[C@H](OC(=O)CCCCCCCCCCCCCCC)C[C@@]2(C)O)[C@](C)(O)C1. The summed E-state index contributed by atoms with van der Waals surface area (Å²) in [6.45, 7) is 23.5. The van der Waals surface area contributed by atoms with Gasteiger partial charge in [-0.05, 0) is 105 Å². The second kappa shape index (κ2) is 38.1. The van der Waals surface area contributed by atoms with Gasteiger partial charge in [0.2, 0.25) is 0 Å². The van der Waals surface area contributed by atoms with Gasteiger partial charge in [0.15, 0.2) is 0 Å². The summed E-state index contributed by atoms with van der Waals surface area (Å²) in [5.74, 6) is -0.446. The Morgan fingerprint density at radius 1 is 0.400 bits per heavy atom. The minimum atomic E-state index is -1.53. The second-order valence-corrected chi connectivity index (χ2v) is 25.9. The zero-order chi connectivity index (χ0) is 59.6. The summed E-state index contributed by atoms with van der Waals surface area (Å²) in [6, 6.07) is 0. The molecule has 80 heavy (non-hydrogen) atoms. The number of hydrogen-bond acceptors (Lipinski definition) is 8. The van der Waals surface area contributed by atoms with Crippen molar-refractivity contribution in [2.45, 2.75) is 310 Å². The van der Waals surface area contributed by atoms with E-state index >= 15 is 0 Å². The van der Waals surface area contributed by atoms with E-state index in [2.05, 4.69) is 26.0 Å². The van der Waals surface area contributed by atoms with E-state index in [0.29, 0.717) is 25.7 Å². The highest BCUT2D eigenvalue weighted by atomic mass is 16.5. The number of carbonyl (C=O) groups excluding carboxylic acids is 2. The molecule has 2 aliphatic rings. The number of ether oxygens (including phenoxy) is 2. The van der Waals surface area contributed by atoms with Crippen molar-refractivity contribution in [1.29, 1.82) is 0 Å². The number of aliphatic hydroxyl groups is 4. The topological polar surface area (TPSA) is 134 Å². The summed E-state index contributed by atoms with van der Waals surface area (Å²) in [5.41, 5.74) is -3.61. The van der Waals surface area contributed by atoms with Gasteiger partial charge in [0.25, 0.3) is 0 Å². The van der Waals surface area contributed by atoms with Crippen LogP contribution in [0, 0.1) is 10.8 Å². The average molecular weight is 1110 g/mol. The van der Waals surface area contributed by atoms with E-state index < -0.39 is 45.4 Å². The summed E-state index contributed by atoms with van der Waals surface area (Å²) in [4.78, 5) is 25.7. The summed E-state index contributed by atoms with van der Waals surface area (Å²) >= 11 is 0. The molecule has 0 spiro atoms. The normalized spacial score (nSPS) is 26.1. The predicted molar refractivity (Wildman–Crippen MR) is 338 cm³/mol. The van der Waals surface area contributed by atoms with Crippen molar-refractivity contribution in [3.63, 3.8) is 0 Å². The maximum absolute atomic E-state index is 12.8. The highest BCUT2D eigenvalue weighted by Gasteiger charge is 2.60. The zero-order valence-electron chi connectivity index (χ0n) is 53.0. The van der Waals surface area contributed by atoms with Crippen LogP contribution in [0.4, 0.5) is 0 Å². The van der Waals surface area contributed by atoms with Gasteiger partial charge in [-0.1, -0.05) is 264 Å². The Kier molecular flexibility index (Phi) is 34.4. The number of unbranched alkanes of at least 4 members (excludes halogenated alkanes) is 21. The lowest BCUT2D eigenvalue weighted by atomic mass is 9.57. The zero-order valence-corrected chi connectivity index (χ0v) is 53.0. The van der Waals surface area contributed by atoms with Crippen molar-refractivity contribution in [1.82, 2.24) is 0 Å². The van der Waals surface area contributed by atoms with Crippen LogP contribution in [0.25, 0.3) is 0 Å². The maximum atomic E-state index is 12.8. The van der Waals surface area contributed by atoms with Crippen LogP contribution < -0.4 is 0 Å². The third-order valence-electron chi connectivity index (χ3n) is 17.1. The smallest absolute Gasteiger partial charge is 0.306 e. The number of esters is 2. The summed E-state index contributed by atoms with van der Waals surface area (Å²) < 4.78 is 11.8. The molecule has 2 fully saturated rings. The lowest BCUT2D eigenvalue weighted by Crippen LogP contribution is -2.65. The molecule has 2 rings (SSSR count). The molecular weight excluding hydrogens is 993 g/mol. The monoisotopic (exact) mass is 1110 g/mol. The van der Waals surface area contributed by atoms with Crippen molar-refractivity contribution >= 4 is 11.9 Å². The van der Waals surface area contributed by atoms with E-state index in [1.165, 1.54) is 109 Å². The first-order valence-corrected chi connectivity index (χ1v) is 31.9. The van der Waals surface area contributed by atoms with Gasteiger partial charge in [0, 0.05) is 36.5 Å². The summed E-state index contributed by atoms with van der Waals surface area (Å²) in [7, 11) is 0. The van der Waals surface area contributed by atoms with Crippen molar-refractivity contribution < 1.29 is 39.5 Å². The van der Waals surface area contributed by atoms with Crippen LogP contribution in [-0.2, 0) is 19.1 Å². The first-order valence-electron chi connectivity index (χ1n) is 31.9. The van der Waals surface area contributed by atoms with Crippen molar-refractivity contribution in [2.75, 3.05) is 0 Å². The molecular formula is C72H118O8. The van der Waals surface area contributed by atoms with Crippen molar-refractivity contribution in [3.05, 3.63) is 120 Å². The third-order valence-corrected chi connectivity index (χ3v) is 17.1. The van der Waals surface area contributed by atoms with Gasteiger partial charge < -0.3 is 29.9 Å². The van der Waals surface area contributed by atoms with Crippen LogP contribution >= 0.6 is 0 Å². The Morgan fingerprint density at radius 3 is 1.02 bits per heavy atom.